The Labute approximate surface area is 165 Å². The van der Waals surface area contributed by atoms with Gasteiger partial charge in [-0.3, -0.25) is 4.90 Å². The first-order valence-corrected chi connectivity index (χ1v) is 10.5. The van der Waals surface area contributed by atoms with Crippen LogP contribution in [0.25, 0.3) is 0 Å². The van der Waals surface area contributed by atoms with E-state index in [4.69, 9.17) is 4.74 Å². The quantitative estimate of drug-likeness (QED) is 0.719. The number of amides is 1. The summed E-state index contributed by atoms with van der Waals surface area (Å²) in [6, 6.07) is 4.21. The van der Waals surface area contributed by atoms with Crippen molar-refractivity contribution in [2.24, 2.45) is 0 Å². The molecular weight excluding hydrogens is 417 g/mol. The first-order valence-electron chi connectivity index (χ1n) is 8.40. The van der Waals surface area contributed by atoms with Gasteiger partial charge in [-0.05, 0) is 24.1 Å². The molecule has 1 unspecified atom stereocenters. The monoisotopic (exact) mass is 434 g/mol. The number of halogens is 3. The summed E-state index contributed by atoms with van der Waals surface area (Å²) in [5, 5.41) is 3.42. The van der Waals surface area contributed by atoms with E-state index >= 15 is 0 Å². The number of nitrogens with one attached hydrogen (secondary N) is 1. The standard InChI is InChI=1S/C17H17F3N2O4S2/c18-14-7-11(1-2-13(14)10-3-5-28(24,25)6-4-10)22-9-12(26-17(22)23)8-21-16(27)15(19)20/h1-3,5,7,10,12,15H,4,6,8-9H2,(H,21,27)/t10?,12-/m0/s1. The highest BCUT2D eigenvalue weighted by molar-refractivity contribution is 7.94. The summed E-state index contributed by atoms with van der Waals surface area (Å²) in [4.78, 5) is 12.6. The third-order valence-electron chi connectivity index (χ3n) is 4.50. The topological polar surface area (TPSA) is 75.7 Å². The van der Waals surface area contributed by atoms with E-state index in [0.29, 0.717) is 5.56 Å². The van der Waals surface area contributed by atoms with Crippen molar-refractivity contribution in [2.75, 3.05) is 23.7 Å². The van der Waals surface area contributed by atoms with Crippen molar-refractivity contribution in [2.45, 2.75) is 24.9 Å². The number of carbonyl (C=O) groups is 1. The fourth-order valence-electron chi connectivity index (χ4n) is 3.04. The zero-order valence-electron chi connectivity index (χ0n) is 14.5. The average molecular weight is 434 g/mol. The molecule has 28 heavy (non-hydrogen) atoms. The summed E-state index contributed by atoms with van der Waals surface area (Å²) in [5.41, 5.74) is 0.598. The minimum Gasteiger partial charge on any atom is -0.442 e. The number of ether oxygens (including phenoxy) is 1. The van der Waals surface area contributed by atoms with Gasteiger partial charge in [0.15, 0.2) is 9.84 Å². The Bertz CT molecular complexity index is 921. The van der Waals surface area contributed by atoms with Gasteiger partial charge in [-0.15, -0.1) is 0 Å². The lowest BCUT2D eigenvalue weighted by Crippen LogP contribution is -2.36. The molecule has 0 bridgehead atoms. The molecule has 1 saturated heterocycles. The fourth-order valence-corrected chi connectivity index (χ4v) is 4.28. The van der Waals surface area contributed by atoms with E-state index in [9.17, 15) is 26.4 Å². The van der Waals surface area contributed by atoms with Gasteiger partial charge in [0.1, 0.15) is 16.9 Å². The number of carbonyl (C=O) groups excluding carboxylic acids is 1. The minimum atomic E-state index is -3.22. The summed E-state index contributed by atoms with van der Waals surface area (Å²) in [6.07, 6.45) is -2.49. The van der Waals surface area contributed by atoms with Crippen molar-refractivity contribution >= 4 is 38.8 Å². The van der Waals surface area contributed by atoms with Gasteiger partial charge >= 0.3 is 6.09 Å². The van der Waals surface area contributed by atoms with E-state index in [1.807, 2.05) is 0 Å². The van der Waals surface area contributed by atoms with Gasteiger partial charge in [-0.2, -0.15) is 0 Å². The van der Waals surface area contributed by atoms with Crippen LogP contribution < -0.4 is 10.2 Å². The van der Waals surface area contributed by atoms with Crippen LogP contribution >= 0.6 is 12.2 Å². The number of alkyl halides is 2. The van der Waals surface area contributed by atoms with Crippen LogP contribution in [0.1, 0.15) is 17.9 Å². The van der Waals surface area contributed by atoms with Gasteiger partial charge in [-0.1, -0.05) is 24.4 Å². The average Bonchev–Trinajstić information content (AvgIpc) is 3.00. The van der Waals surface area contributed by atoms with Gasteiger partial charge in [0.25, 0.3) is 6.43 Å². The summed E-state index contributed by atoms with van der Waals surface area (Å²) in [6.45, 7) is -0.0225. The highest BCUT2D eigenvalue weighted by Gasteiger charge is 2.33. The van der Waals surface area contributed by atoms with E-state index in [0.717, 1.165) is 5.41 Å². The number of hydrogen-bond acceptors (Lipinski definition) is 5. The van der Waals surface area contributed by atoms with Crippen LogP contribution in [0.3, 0.4) is 0 Å². The first kappa shape index (κ1) is 20.6. The Morgan fingerprint density at radius 1 is 1.39 bits per heavy atom. The van der Waals surface area contributed by atoms with Gasteiger partial charge in [0, 0.05) is 11.3 Å². The predicted molar refractivity (Wildman–Crippen MR) is 101 cm³/mol. The SMILES string of the molecule is O=C1O[C@@H](CNC(=S)C(F)F)CN1c1ccc(C2C=CS(=O)(=O)CC2)c(F)c1. The number of thiocarbonyl (C=S) groups is 1. The molecule has 3 rings (SSSR count). The lowest BCUT2D eigenvalue weighted by atomic mass is 9.95. The molecule has 0 spiro atoms. The molecule has 6 nitrogen and oxygen atoms in total. The van der Waals surface area contributed by atoms with Gasteiger partial charge < -0.3 is 10.1 Å². The van der Waals surface area contributed by atoms with Crippen molar-refractivity contribution in [3.63, 3.8) is 0 Å². The number of hydrogen-bond donors (Lipinski definition) is 1. The molecule has 0 aromatic heterocycles. The molecule has 2 aliphatic heterocycles. The van der Waals surface area contributed by atoms with Crippen molar-refractivity contribution in [3.05, 3.63) is 41.1 Å². The van der Waals surface area contributed by atoms with Gasteiger partial charge in [-0.25, -0.2) is 26.4 Å². The zero-order chi connectivity index (χ0) is 20.5. The van der Waals surface area contributed by atoms with Crippen molar-refractivity contribution in [1.82, 2.24) is 5.32 Å². The number of anilines is 1. The highest BCUT2D eigenvalue weighted by atomic mass is 32.2. The molecule has 0 saturated carbocycles. The third kappa shape index (κ3) is 4.64. The number of rotatable bonds is 5. The maximum Gasteiger partial charge on any atom is 0.414 e. The molecule has 152 valence electrons. The van der Waals surface area contributed by atoms with Gasteiger partial charge in [0.2, 0.25) is 0 Å². The van der Waals surface area contributed by atoms with Crippen molar-refractivity contribution < 1.29 is 31.1 Å². The number of benzene rings is 1. The molecule has 11 heteroatoms. The number of sulfone groups is 1. The molecule has 0 radical (unpaired) electrons. The fraction of sp³-hybridized carbons (Fsp3) is 0.412. The molecular formula is C17H17F3N2O4S2. The Morgan fingerprint density at radius 2 is 2.14 bits per heavy atom. The highest BCUT2D eigenvalue weighted by Crippen LogP contribution is 2.31. The molecule has 2 aliphatic rings. The van der Waals surface area contributed by atoms with Crippen LogP contribution in [0, 0.1) is 5.82 Å². The maximum absolute atomic E-state index is 14.6. The van der Waals surface area contributed by atoms with E-state index in [1.54, 1.807) is 0 Å². The molecule has 2 atom stereocenters. The van der Waals surface area contributed by atoms with Gasteiger partial charge in [0.05, 0.1) is 24.5 Å². The van der Waals surface area contributed by atoms with Crippen LogP contribution in [0.4, 0.5) is 23.7 Å². The molecule has 1 fully saturated rings. The second-order valence-corrected chi connectivity index (χ2v) is 8.90. The molecule has 1 aromatic carbocycles. The Balaban J connectivity index is 1.68. The maximum atomic E-state index is 14.6. The molecule has 1 N–H and O–H groups in total. The molecule has 1 amide bonds. The summed E-state index contributed by atoms with van der Waals surface area (Å²) in [5.74, 6) is -0.988. The van der Waals surface area contributed by atoms with Crippen molar-refractivity contribution in [3.8, 4) is 0 Å². The first-order chi connectivity index (χ1) is 13.2. The van der Waals surface area contributed by atoms with Crippen LogP contribution in [0.5, 0.6) is 0 Å². The number of allylic oxidation sites excluding steroid dienone is 1. The summed E-state index contributed by atoms with van der Waals surface area (Å²) >= 11 is 4.46. The summed E-state index contributed by atoms with van der Waals surface area (Å²) in [7, 11) is -3.22. The zero-order valence-corrected chi connectivity index (χ0v) is 16.1. The predicted octanol–water partition coefficient (Wildman–Crippen LogP) is 2.75. The second-order valence-electron chi connectivity index (χ2n) is 6.46. The Kier molecular flexibility index (Phi) is 5.94. The second kappa shape index (κ2) is 8.08. The van der Waals surface area contributed by atoms with Crippen LogP contribution in [-0.4, -0.2) is 50.9 Å². The summed E-state index contributed by atoms with van der Waals surface area (Å²) < 4.78 is 67.3. The molecule has 1 aromatic rings. The normalized spacial score (nSPS) is 23.7. The Morgan fingerprint density at radius 3 is 2.75 bits per heavy atom. The largest absolute Gasteiger partial charge is 0.442 e. The third-order valence-corrected chi connectivity index (χ3v) is 6.20. The smallest absolute Gasteiger partial charge is 0.414 e. The van der Waals surface area contributed by atoms with Crippen LogP contribution in [0.15, 0.2) is 29.7 Å². The van der Waals surface area contributed by atoms with Crippen LogP contribution in [0.2, 0.25) is 0 Å². The van der Waals surface area contributed by atoms with E-state index in [-0.39, 0.29) is 36.9 Å². The number of cyclic esters (lactones) is 1. The van der Waals surface area contributed by atoms with Crippen molar-refractivity contribution in [1.29, 1.82) is 0 Å². The molecule has 0 aliphatic carbocycles. The lowest BCUT2D eigenvalue weighted by molar-refractivity contribution is 0.142. The minimum absolute atomic E-state index is 0.0526. The van der Waals surface area contributed by atoms with Crippen LogP contribution in [-0.2, 0) is 14.6 Å². The number of nitrogens with zero attached hydrogens (tertiary/aromatic N) is 1. The lowest BCUT2D eigenvalue weighted by Gasteiger charge is -2.19. The van der Waals surface area contributed by atoms with E-state index < -0.39 is 39.3 Å². The molecule has 2 heterocycles. The Hall–Kier alpha value is -2.14. The van der Waals surface area contributed by atoms with E-state index in [1.165, 1.54) is 29.2 Å². The van der Waals surface area contributed by atoms with E-state index in [2.05, 4.69) is 17.5 Å².